The number of halogens is 5. The summed E-state index contributed by atoms with van der Waals surface area (Å²) in [5.74, 6) is -3.22. The van der Waals surface area contributed by atoms with Crippen LogP contribution in [-0.4, -0.2) is 25.8 Å². The van der Waals surface area contributed by atoms with E-state index in [0.29, 0.717) is 35.4 Å². The number of benzene rings is 2. The second-order valence-electron chi connectivity index (χ2n) is 9.13. The largest absolute Gasteiger partial charge is 0.476 e. The SMILES string of the molecule is N[SH+](=O)c1ccc(Cc2c(-c3ccc(F)c(C(F)(F)F)c3)nn(-c3nc(C(=O)O)cs3)c2CC2CC2)cc1F. The van der Waals surface area contributed by atoms with E-state index in [9.17, 15) is 36.1 Å². The van der Waals surface area contributed by atoms with Crippen molar-refractivity contribution in [1.29, 1.82) is 0 Å². The number of thiazole rings is 1. The van der Waals surface area contributed by atoms with Gasteiger partial charge in [-0.3, -0.25) is 0 Å². The Hall–Kier alpha value is -3.49. The summed E-state index contributed by atoms with van der Waals surface area (Å²) < 4.78 is 82.3. The Morgan fingerprint density at radius 1 is 1.15 bits per heavy atom. The molecule has 1 saturated carbocycles. The van der Waals surface area contributed by atoms with Crippen molar-refractivity contribution in [1.82, 2.24) is 14.8 Å². The molecule has 1 atom stereocenters. The Morgan fingerprint density at radius 2 is 1.90 bits per heavy atom. The van der Waals surface area contributed by atoms with Crippen LogP contribution in [0.3, 0.4) is 0 Å². The van der Waals surface area contributed by atoms with Gasteiger partial charge >= 0.3 is 12.1 Å². The molecule has 2 heterocycles. The van der Waals surface area contributed by atoms with Gasteiger partial charge in [-0.25, -0.2) is 23.2 Å². The minimum atomic E-state index is -4.96. The van der Waals surface area contributed by atoms with E-state index in [-0.39, 0.29) is 39.3 Å². The van der Waals surface area contributed by atoms with Crippen LogP contribution in [0.5, 0.6) is 0 Å². The van der Waals surface area contributed by atoms with Crippen LogP contribution in [0.25, 0.3) is 16.4 Å². The molecule has 5 rings (SSSR count). The number of carboxylic acid groups (broad SMARTS) is 1. The molecule has 204 valence electrons. The first-order chi connectivity index (χ1) is 18.4. The molecule has 2 aromatic heterocycles. The average molecular weight is 584 g/mol. The molecule has 39 heavy (non-hydrogen) atoms. The fourth-order valence-corrected chi connectivity index (χ4v) is 5.53. The van der Waals surface area contributed by atoms with Gasteiger partial charge in [-0.15, -0.1) is 16.5 Å². The summed E-state index contributed by atoms with van der Waals surface area (Å²) in [6.45, 7) is 0. The monoisotopic (exact) mass is 583 g/mol. The molecule has 0 bridgehead atoms. The molecule has 1 fully saturated rings. The van der Waals surface area contributed by atoms with E-state index in [4.69, 9.17) is 5.14 Å². The first-order valence-corrected chi connectivity index (χ1v) is 13.8. The smallest absolute Gasteiger partial charge is 0.419 e. The van der Waals surface area contributed by atoms with E-state index in [2.05, 4.69) is 10.1 Å². The van der Waals surface area contributed by atoms with Crippen LogP contribution in [0, 0.1) is 17.6 Å². The minimum absolute atomic E-state index is 0.0197. The number of nitrogens with zero attached hydrogens (tertiary/aromatic N) is 3. The number of carbonyl (C=O) groups is 1. The molecule has 7 nitrogen and oxygen atoms in total. The molecule has 2 aromatic carbocycles. The van der Waals surface area contributed by atoms with Crippen molar-refractivity contribution in [2.75, 3.05) is 0 Å². The second kappa shape index (κ2) is 10.2. The zero-order valence-corrected chi connectivity index (χ0v) is 21.6. The number of nitrogens with two attached hydrogens (primary N) is 1. The third-order valence-corrected chi connectivity index (χ3v) is 7.99. The quantitative estimate of drug-likeness (QED) is 0.163. The highest BCUT2D eigenvalue weighted by Crippen LogP contribution is 2.40. The van der Waals surface area contributed by atoms with Crippen LogP contribution >= 0.6 is 11.3 Å². The number of hydrogen-bond donors (Lipinski definition) is 2. The molecular formula is C25H20F5N4O3S2+. The van der Waals surface area contributed by atoms with Gasteiger partial charge in [0, 0.05) is 22.9 Å². The number of aromatic carboxylic acids is 1. The first-order valence-electron chi connectivity index (χ1n) is 11.6. The lowest BCUT2D eigenvalue weighted by Gasteiger charge is -2.11. The number of thiol groups is 1. The molecule has 1 unspecified atom stereocenters. The number of aromatic nitrogens is 3. The van der Waals surface area contributed by atoms with Gasteiger partial charge in [0.15, 0.2) is 22.5 Å². The van der Waals surface area contributed by atoms with Crippen molar-refractivity contribution >= 4 is 28.3 Å². The van der Waals surface area contributed by atoms with Gasteiger partial charge < -0.3 is 5.11 Å². The van der Waals surface area contributed by atoms with Gasteiger partial charge in [-0.1, -0.05) is 10.3 Å². The van der Waals surface area contributed by atoms with E-state index in [1.807, 2.05) is 0 Å². The van der Waals surface area contributed by atoms with Gasteiger partial charge in [0.05, 0.1) is 17.0 Å². The van der Waals surface area contributed by atoms with Gasteiger partial charge in [0.25, 0.3) is 0 Å². The summed E-state index contributed by atoms with van der Waals surface area (Å²) in [7, 11) is -2.43. The predicted molar refractivity (Wildman–Crippen MR) is 134 cm³/mol. The Morgan fingerprint density at radius 3 is 2.49 bits per heavy atom. The molecule has 14 heteroatoms. The number of rotatable bonds is 8. The van der Waals surface area contributed by atoms with Crippen LogP contribution in [0.4, 0.5) is 22.0 Å². The maximum absolute atomic E-state index is 14.6. The topological polar surface area (TPSA) is 111 Å². The molecule has 0 amide bonds. The number of carboxylic acids is 1. The van der Waals surface area contributed by atoms with E-state index in [1.54, 1.807) is 0 Å². The Kier molecular flexibility index (Phi) is 7.11. The Bertz CT molecular complexity index is 1610. The van der Waals surface area contributed by atoms with Gasteiger partial charge in [-0.05, 0) is 61.1 Å². The summed E-state index contributed by atoms with van der Waals surface area (Å²) in [6.07, 6.45) is -2.64. The zero-order chi connectivity index (χ0) is 28.1. The third kappa shape index (κ3) is 5.63. The lowest BCUT2D eigenvalue weighted by molar-refractivity contribution is -0.139. The summed E-state index contributed by atoms with van der Waals surface area (Å²) >= 11 is 0.996. The van der Waals surface area contributed by atoms with Gasteiger partial charge in [0.2, 0.25) is 10.0 Å². The molecule has 0 saturated heterocycles. The predicted octanol–water partition coefficient (Wildman–Crippen LogP) is 5.46. The highest BCUT2D eigenvalue weighted by atomic mass is 32.2. The van der Waals surface area contributed by atoms with Crippen LogP contribution in [-0.2, 0) is 34.2 Å². The second-order valence-corrected chi connectivity index (χ2v) is 11.1. The van der Waals surface area contributed by atoms with Crippen molar-refractivity contribution in [2.24, 2.45) is 11.1 Å². The van der Waals surface area contributed by atoms with Gasteiger partial charge in [0.1, 0.15) is 5.82 Å². The average Bonchev–Trinajstić information content (AvgIpc) is 3.41. The number of hydrogen-bond acceptors (Lipinski definition) is 5. The molecule has 3 N–H and O–H groups in total. The Balaban J connectivity index is 1.71. The van der Waals surface area contributed by atoms with E-state index < -0.39 is 40.3 Å². The molecule has 0 spiro atoms. The van der Waals surface area contributed by atoms with Crippen LogP contribution in [0.1, 0.15) is 45.7 Å². The van der Waals surface area contributed by atoms with E-state index >= 15 is 0 Å². The lowest BCUT2D eigenvalue weighted by atomic mass is 9.96. The summed E-state index contributed by atoms with van der Waals surface area (Å²) in [6, 6.07) is 6.50. The van der Waals surface area contributed by atoms with Crippen molar-refractivity contribution in [3.63, 3.8) is 0 Å². The molecule has 1 aliphatic carbocycles. The molecule has 1 aliphatic rings. The third-order valence-electron chi connectivity index (χ3n) is 6.34. The normalized spacial score (nSPS) is 14.5. The first kappa shape index (κ1) is 27.1. The maximum atomic E-state index is 14.6. The van der Waals surface area contributed by atoms with Gasteiger partial charge in [-0.2, -0.15) is 18.3 Å². The zero-order valence-electron chi connectivity index (χ0n) is 19.9. The molecular weight excluding hydrogens is 563 g/mol. The minimum Gasteiger partial charge on any atom is -0.476 e. The fraction of sp³-hybridized carbons (Fsp3) is 0.240. The van der Waals surface area contributed by atoms with E-state index in [1.165, 1.54) is 28.3 Å². The van der Waals surface area contributed by atoms with Crippen molar-refractivity contribution in [2.45, 2.75) is 36.8 Å². The highest BCUT2D eigenvalue weighted by Gasteiger charge is 2.35. The standard InChI is InChI=1S/C25H19F5N4O3S2/c26-17-5-4-14(10-16(17)25(28,29)30)22-15(7-13-3-6-21(39(31)37)18(27)8-13)20(9-12-1-2-12)34(33-22)24-32-19(11-38-24)23(35)36/h3-6,8,10-12H,1-2,7,9H2,(H2,31,37)(H,35,36)/p+1. The lowest BCUT2D eigenvalue weighted by Crippen LogP contribution is -2.08. The molecule has 4 aromatic rings. The van der Waals surface area contributed by atoms with Crippen LogP contribution in [0.15, 0.2) is 46.7 Å². The Labute approximate surface area is 224 Å². The molecule has 0 aliphatic heterocycles. The summed E-state index contributed by atoms with van der Waals surface area (Å²) in [5, 5.41) is 20.7. The summed E-state index contributed by atoms with van der Waals surface area (Å²) in [4.78, 5) is 15.4. The number of alkyl halides is 3. The highest BCUT2D eigenvalue weighted by molar-refractivity contribution is 7.82. The summed E-state index contributed by atoms with van der Waals surface area (Å²) in [5.41, 5.74) is -0.169. The van der Waals surface area contributed by atoms with Crippen molar-refractivity contribution in [3.05, 3.63) is 81.5 Å². The van der Waals surface area contributed by atoms with E-state index in [0.717, 1.165) is 30.2 Å². The van der Waals surface area contributed by atoms with Crippen molar-refractivity contribution < 1.29 is 36.1 Å². The van der Waals surface area contributed by atoms with Crippen LogP contribution < -0.4 is 5.14 Å². The maximum Gasteiger partial charge on any atom is 0.419 e. The van der Waals surface area contributed by atoms with Crippen molar-refractivity contribution in [3.8, 4) is 16.4 Å². The van der Waals surface area contributed by atoms with Crippen LogP contribution in [0.2, 0.25) is 0 Å². The molecule has 0 radical (unpaired) electrons. The fourth-order valence-electron chi connectivity index (χ4n) is 4.26.